The summed E-state index contributed by atoms with van der Waals surface area (Å²) in [7, 11) is -2.97. The maximum absolute atomic E-state index is 9.73. The second-order valence-electron chi connectivity index (χ2n) is 3.97. The largest absolute Gasteiger partial charge is 0.410 e. The van der Waals surface area contributed by atoms with Gasteiger partial charge in [-0.3, -0.25) is 0 Å². The van der Waals surface area contributed by atoms with Crippen molar-refractivity contribution in [1.29, 1.82) is 0 Å². The van der Waals surface area contributed by atoms with Crippen LogP contribution in [-0.2, 0) is 0 Å². The number of hydrogen-bond donors (Lipinski definition) is 3. The van der Waals surface area contributed by atoms with E-state index in [2.05, 4.69) is 6.92 Å². The predicted octanol–water partition coefficient (Wildman–Crippen LogP) is 0.560. The molecule has 1 aliphatic rings. The molecule has 3 atom stereocenters. The molecule has 1 saturated carbocycles. The Labute approximate surface area is 74.8 Å². The number of hydrogen-bond acceptors (Lipinski definition) is 3. The summed E-state index contributed by atoms with van der Waals surface area (Å²) in [6.45, 7) is 3.92. The van der Waals surface area contributed by atoms with Gasteiger partial charge in [-0.2, -0.15) is 0 Å². The van der Waals surface area contributed by atoms with Crippen LogP contribution in [0.3, 0.4) is 0 Å². The summed E-state index contributed by atoms with van der Waals surface area (Å²) >= 11 is 0. The van der Waals surface area contributed by atoms with Gasteiger partial charge in [0, 0.05) is 11.6 Å². The average molecular weight is 189 g/mol. The fourth-order valence-corrected chi connectivity index (χ4v) is 4.12. The smallest absolute Gasteiger partial charge is 0.337 e. The Kier molecular flexibility index (Phi) is 2.93. The van der Waals surface area contributed by atoms with Crippen molar-refractivity contribution >= 4 is 8.56 Å². The first-order valence-electron chi connectivity index (χ1n) is 4.69. The molecule has 3 nitrogen and oxygen atoms in total. The summed E-state index contributed by atoms with van der Waals surface area (Å²) in [5.74, 6) is 0.452. The van der Waals surface area contributed by atoms with Gasteiger partial charge in [0.2, 0.25) is 0 Å². The molecule has 3 unspecified atom stereocenters. The van der Waals surface area contributed by atoms with Crippen molar-refractivity contribution in [3.05, 3.63) is 0 Å². The van der Waals surface area contributed by atoms with Crippen molar-refractivity contribution < 1.29 is 9.59 Å². The monoisotopic (exact) mass is 189 g/mol. The number of nitrogens with two attached hydrogens (primary N) is 1. The molecular weight excluding hydrogens is 170 g/mol. The average Bonchev–Trinajstić information content (AvgIpc) is 2.33. The Bertz CT molecular complexity index is 163. The molecule has 0 aromatic carbocycles. The first-order chi connectivity index (χ1) is 5.49. The summed E-state index contributed by atoms with van der Waals surface area (Å²) in [6, 6.07) is 0.504. The third-order valence-corrected chi connectivity index (χ3v) is 6.07. The highest BCUT2D eigenvalue weighted by molar-refractivity contribution is 6.66. The van der Waals surface area contributed by atoms with E-state index in [0.717, 1.165) is 12.8 Å². The van der Waals surface area contributed by atoms with Gasteiger partial charge in [0.25, 0.3) is 0 Å². The van der Waals surface area contributed by atoms with Crippen LogP contribution in [0.5, 0.6) is 0 Å². The predicted molar refractivity (Wildman–Crippen MR) is 50.8 cm³/mol. The second-order valence-corrected chi connectivity index (χ2v) is 7.18. The van der Waals surface area contributed by atoms with Gasteiger partial charge in [0.15, 0.2) is 0 Å². The molecule has 4 heteroatoms. The second kappa shape index (κ2) is 3.45. The molecule has 1 aliphatic carbocycles. The molecule has 0 bridgehead atoms. The Balaban J connectivity index is 2.64. The van der Waals surface area contributed by atoms with Crippen molar-refractivity contribution in [3.8, 4) is 0 Å². The van der Waals surface area contributed by atoms with Gasteiger partial charge < -0.3 is 15.3 Å². The van der Waals surface area contributed by atoms with Gasteiger partial charge in [0.05, 0.1) is 0 Å². The van der Waals surface area contributed by atoms with Crippen molar-refractivity contribution in [1.82, 2.24) is 0 Å². The van der Waals surface area contributed by atoms with Crippen molar-refractivity contribution in [3.63, 3.8) is 0 Å². The van der Waals surface area contributed by atoms with E-state index in [1.165, 1.54) is 0 Å². The highest BCUT2D eigenvalue weighted by Gasteiger charge is 2.46. The van der Waals surface area contributed by atoms with Gasteiger partial charge in [-0.15, -0.1) is 0 Å². The molecule has 0 aromatic heterocycles. The molecule has 72 valence electrons. The molecule has 0 heterocycles. The molecule has 0 aliphatic heterocycles. The maximum Gasteiger partial charge on any atom is 0.337 e. The zero-order chi connectivity index (χ0) is 9.35. The lowest BCUT2D eigenvalue weighted by atomic mass is 10.1. The van der Waals surface area contributed by atoms with Crippen LogP contribution in [0.1, 0.15) is 26.7 Å². The summed E-state index contributed by atoms with van der Waals surface area (Å²) in [4.78, 5) is 19.5. The summed E-state index contributed by atoms with van der Waals surface area (Å²) in [5, 5.41) is 0. The van der Waals surface area contributed by atoms with Crippen LogP contribution >= 0.6 is 0 Å². The van der Waals surface area contributed by atoms with Crippen LogP contribution in [0.2, 0.25) is 11.6 Å². The molecule has 0 amide bonds. The Morgan fingerprint density at radius 3 is 2.33 bits per heavy atom. The minimum absolute atomic E-state index is 0.00231. The molecule has 0 saturated heterocycles. The van der Waals surface area contributed by atoms with E-state index >= 15 is 0 Å². The van der Waals surface area contributed by atoms with Crippen LogP contribution in [-0.4, -0.2) is 24.2 Å². The minimum Gasteiger partial charge on any atom is -0.410 e. The lowest BCUT2D eigenvalue weighted by Gasteiger charge is -2.27. The standard InChI is InChI=1S/C8H19NO2Si/c1-3-12(10,11)7-5-4-6(2)8(7)9/h6-8,10-11H,3-5,9H2,1-2H3. The highest BCUT2D eigenvalue weighted by atomic mass is 28.4. The zero-order valence-electron chi connectivity index (χ0n) is 7.83. The topological polar surface area (TPSA) is 66.5 Å². The molecule has 12 heavy (non-hydrogen) atoms. The van der Waals surface area contributed by atoms with Crippen LogP contribution in [0.25, 0.3) is 0 Å². The molecular formula is C8H19NO2Si. The molecule has 0 spiro atoms. The fourth-order valence-electron chi connectivity index (χ4n) is 2.03. The van der Waals surface area contributed by atoms with E-state index < -0.39 is 8.56 Å². The first kappa shape index (κ1) is 10.2. The van der Waals surface area contributed by atoms with Gasteiger partial charge in [-0.1, -0.05) is 13.8 Å². The lowest BCUT2D eigenvalue weighted by molar-refractivity contribution is 0.327. The zero-order valence-corrected chi connectivity index (χ0v) is 8.83. The molecule has 1 fully saturated rings. The first-order valence-corrected chi connectivity index (χ1v) is 6.87. The Hall–Kier alpha value is 0.0969. The van der Waals surface area contributed by atoms with Gasteiger partial charge in [-0.25, -0.2) is 0 Å². The normalized spacial score (nSPS) is 37.2. The van der Waals surface area contributed by atoms with E-state index in [1.807, 2.05) is 6.92 Å². The fraction of sp³-hybridized carbons (Fsp3) is 1.00. The van der Waals surface area contributed by atoms with E-state index in [-0.39, 0.29) is 11.6 Å². The summed E-state index contributed by atoms with van der Waals surface area (Å²) < 4.78 is 0. The van der Waals surface area contributed by atoms with Gasteiger partial charge in [-0.05, 0) is 24.8 Å². The Morgan fingerprint density at radius 1 is 1.42 bits per heavy atom. The van der Waals surface area contributed by atoms with Gasteiger partial charge >= 0.3 is 8.56 Å². The van der Waals surface area contributed by atoms with Crippen molar-refractivity contribution in [2.45, 2.75) is 44.3 Å². The van der Waals surface area contributed by atoms with Gasteiger partial charge in [0.1, 0.15) is 0 Å². The maximum atomic E-state index is 9.73. The Morgan fingerprint density at radius 2 is 2.00 bits per heavy atom. The van der Waals surface area contributed by atoms with E-state index in [4.69, 9.17) is 5.73 Å². The molecule has 1 rings (SSSR count). The lowest BCUT2D eigenvalue weighted by Crippen LogP contribution is -2.46. The third kappa shape index (κ3) is 1.71. The van der Waals surface area contributed by atoms with E-state index in [0.29, 0.717) is 12.0 Å². The van der Waals surface area contributed by atoms with E-state index in [1.54, 1.807) is 0 Å². The van der Waals surface area contributed by atoms with Crippen LogP contribution in [0.4, 0.5) is 0 Å². The van der Waals surface area contributed by atoms with E-state index in [9.17, 15) is 9.59 Å². The third-order valence-electron chi connectivity index (χ3n) is 3.17. The summed E-state index contributed by atoms with van der Waals surface area (Å²) in [5.41, 5.74) is 5.90. The SMILES string of the molecule is CC[Si](O)(O)C1CCC(C)C1N. The number of rotatable bonds is 2. The highest BCUT2D eigenvalue weighted by Crippen LogP contribution is 2.39. The van der Waals surface area contributed by atoms with Crippen LogP contribution in [0.15, 0.2) is 0 Å². The molecule has 4 N–H and O–H groups in total. The quantitative estimate of drug-likeness (QED) is 0.556. The molecule has 0 radical (unpaired) electrons. The van der Waals surface area contributed by atoms with Crippen LogP contribution < -0.4 is 5.73 Å². The van der Waals surface area contributed by atoms with Crippen molar-refractivity contribution in [2.75, 3.05) is 0 Å². The van der Waals surface area contributed by atoms with Crippen LogP contribution in [0, 0.1) is 5.92 Å². The summed E-state index contributed by atoms with van der Waals surface area (Å²) in [6.07, 6.45) is 1.94. The molecule has 0 aromatic rings. The minimum atomic E-state index is -2.97. The van der Waals surface area contributed by atoms with Crippen molar-refractivity contribution in [2.24, 2.45) is 11.7 Å².